The number of rotatable bonds is 5. The van der Waals surface area contributed by atoms with Crippen molar-refractivity contribution in [1.29, 1.82) is 0 Å². The van der Waals surface area contributed by atoms with Crippen LogP contribution in [0.15, 0.2) is 0 Å². The molecule has 126 valence electrons. The van der Waals surface area contributed by atoms with Gasteiger partial charge in [0.1, 0.15) is 10.0 Å². The molecule has 23 heavy (non-hydrogen) atoms. The Morgan fingerprint density at radius 2 is 1.96 bits per heavy atom. The standard InChI is InChI=1S/C16H22N2O3S2/c1-4-21-15(20)14-10(2)13(11(3)17-14)12(19)9-23-16(22)18-7-5-6-8-18/h17H,4-9H2,1-3H3. The number of nitrogens with one attached hydrogen (secondary N) is 1. The molecule has 1 saturated heterocycles. The molecule has 0 atom stereocenters. The molecular weight excluding hydrogens is 332 g/mol. The second-order valence-corrected chi connectivity index (χ2v) is 7.13. The zero-order valence-electron chi connectivity index (χ0n) is 13.7. The lowest BCUT2D eigenvalue weighted by atomic mass is 10.1. The molecule has 0 bridgehead atoms. The number of thioether (sulfide) groups is 1. The Morgan fingerprint density at radius 3 is 2.57 bits per heavy atom. The molecule has 2 rings (SSSR count). The molecule has 5 nitrogen and oxygen atoms in total. The maximum Gasteiger partial charge on any atom is 0.355 e. The first kappa shape index (κ1) is 18.0. The summed E-state index contributed by atoms with van der Waals surface area (Å²) in [5, 5.41) is 0. The van der Waals surface area contributed by atoms with E-state index in [0.29, 0.717) is 29.1 Å². The monoisotopic (exact) mass is 354 g/mol. The Labute approximate surface area is 146 Å². The van der Waals surface area contributed by atoms with E-state index in [0.717, 1.165) is 30.3 Å². The number of carbonyl (C=O) groups excluding carboxylic acids is 2. The van der Waals surface area contributed by atoms with Crippen LogP contribution in [-0.2, 0) is 4.74 Å². The molecule has 0 saturated carbocycles. The fourth-order valence-electron chi connectivity index (χ4n) is 2.77. The van der Waals surface area contributed by atoms with Crippen LogP contribution in [0.5, 0.6) is 0 Å². The van der Waals surface area contributed by atoms with Crippen molar-refractivity contribution < 1.29 is 14.3 Å². The van der Waals surface area contributed by atoms with E-state index in [4.69, 9.17) is 17.0 Å². The maximum absolute atomic E-state index is 12.5. The molecule has 1 aromatic heterocycles. The lowest BCUT2D eigenvalue weighted by Gasteiger charge is -2.17. The number of thiocarbonyl (C=S) groups is 1. The number of likely N-dealkylation sites (tertiary alicyclic amines) is 1. The number of hydrogen-bond acceptors (Lipinski definition) is 5. The highest BCUT2D eigenvalue weighted by Gasteiger charge is 2.23. The van der Waals surface area contributed by atoms with Gasteiger partial charge in [-0.2, -0.15) is 0 Å². The molecule has 0 spiro atoms. The lowest BCUT2D eigenvalue weighted by molar-refractivity contribution is 0.0519. The lowest BCUT2D eigenvalue weighted by Crippen LogP contribution is -2.24. The van der Waals surface area contributed by atoms with E-state index in [2.05, 4.69) is 9.88 Å². The average molecular weight is 354 g/mol. The minimum Gasteiger partial charge on any atom is -0.461 e. The molecule has 7 heteroatoms. The Hall–Kier alpha value is -1.34. The molecule has 0 amide bonds. The van der Waals surface area contributed by atoms with Crippen molar-refractivity contribution >= 4 is 40.1 Å². The topological polar surface area (TPSA) is 62.4 Å². The molecule has 0 aromatic carbocycles. The summed E-state index contributed by atoms with van der Waals surface area (Å²) in [5.74, 6) is -0.150. The predicted octanol–water partition coefficient (Wildman–Crippen LogP) is 3.10. The van der Waals surface area contributed by atoms with Gasteiger partial charge in [-0.1, -0.05) is 24.0 Å². The van der Waals surface area contributed by atoms with Crippen LogP contribution in [-0.4, -0.2) is 51.4 Å². The number of aromatic amines is 1. The first-order valence-electron chi connectivity index (χ1n) is 7.76. The second kappa shape index (κ2) is 7.97. The van der Waals surface area contributed by atoms with Gasteiger partial charge in [-0.15, -0.1) is 0 Å². The summed E-state index contributed by atoms with van der Waals surface area (Å²) in [6.45, 7) is 7.59. The van der Waals surface area contributed by atoms with Gasteiger partial charge >= 0.3 is 5.97 Å². The van der Waals surface area contributed by atoms with E-state index in [1.54, 1.807) is 20.8 Å². The summed E-state index contributed by atoms with van der Waals surface area (Å²) in [4.78, 5) is 29.5. The SMILES string of the molecule is CCOC(=O)c1[nH]c(C)c(C(=O)CSC(=S)N2CCCC2)c1C. The van der Waals surface area contributed by atoms with Gasteiger partial charge in [0.15, 0.2) is 5.78 Å². The van der Waals surface area contributed by atoms with Crippen molar-refractivity contribution in [1.82, 2.24) is 9.88 Å². The molecule has 0 radical (unpaired) electrons. The summed E-state index contributed by atoms with van der Waals surface area (Å²) in [5.41, 5.74) is 2.28. The quantitative estimate of drug-likeness (QED) is 0.498. The van der Waals surface area contributed by atoms with E-state index in [1.165, 1.54) is 11.8 Å². The van der Waals surface area contributed by atoms with Gasteiger partial charge in [-0.05, 0) is 39.2 Å². The molecule has 2 heterocycles. The van der Waals surface area contributed by atoms with Gasteiger partial charge in [0.25, 0.3) is 0 Å². The van der Waals surface area contributed by atoms with Gasteiger partial charge in [0, 0.05) is 24.3 Å². The largest absolute Gasteiger partial charge is 0.461 e. The van der Waals surface area contributed by atoms with Crippen LogP contribution in [0.4, 0.5) is 0 Å². The Bertz CT molecular complexity index is 619. The van der Waals surface area contributed by atoms with Crippen LogP contribution < -0.4 is 0 Å². The van der Waals surface area contributed by atoms with Crippen molar-refractivity contribution in [3.05, 3.63) is 22.5 Å². The van der Waals surface area contributed by atoms with Gasteiger partial charge in [0.05, 0.1) is 12.4 Å². The summed E-state index contributed by atoms with van der Waals surface area (Å²) in [6, 6.07) is 0. The number of esters is 1. The zero-order valence-corrected chi connectivity index (χ0v) is 15.4. The van der Waals surface area contributed by atoms with Crippen molar-refractivity contribution in [2.45, 2.75) is 33.6 Å². The molecule has 0 aliphatic carbocycles. The number of H-pyrrole nitrogens is 1. The highest BCUT2D eigenvalue weighted by Crippen LogP contribution is 2.22. The van der Waals surface area contributed by atoms with E-state index < -0.39 is 5.97 Å². The van der Waals surface area contributed by atoms with E-state index in [-0.39, 0.29) is 11.5 Å². The number of nitrogens with zero attached hydrogens (tertiary/aromatic N) is 1. The van der Waals surface area contributed by atoms with E-state index >= 15 is 0 Å². The third kappa shape index (κ3) is 4.14. The predicted molar refractivity (Wildman–Crippen MR) is 96.4 cm³/mol. The molecule has 1 N–H and O–H groups in total. The number of carbonyl (C=O) groups is 2. The fraction of sp³-hybridized carbons (Fsp3) is 0.562. The van der Waals surface area contributed by atoms with Crippen LogP contribution in [0, 0.1) is 13.8 Å². The molecule has 0 unspecified atom stereocenters. The Kier molecular flexibility index (Phi) is 6.24. The van der Waals surface area contributed by atoms with Crippen LogP contribution in [0.1, 0.15) is 51.9 Å². The Balaban J connectivity index is 2.04. The molecule has 1 aliphatic rings. The van der Waals surface area contributed by atoms with Crippen LogP contribution in [0.25, 0.3) is 0 Å². The first-order chi connectivity index (χ1) is 11.0. The first-order valence-corrected chi connectivity index (χ1v) is 9.16. The van der Waals surface area contributed by atoms with Crippen molar-refractivity contribution in [3.8, 4) is 0 Å². The maximum atomic E-state index is 12.5. The van der Waals surface area contributed by atoms with E-state index in [1.807, 2.05) is 0 Å². The number of ketones is 1. The minimum absolute atomic E-state index is 0.0154. The summed E-state index contributed by atoms with van der Waals surface area (Å²) in [6.07, 6.45) is 2.32. The second-order valence-electron chi connectivity index (χ2n) is 5.52. The number of aryl methyl sites for hydroxylation is 1. The van der Waals surface area contributed by atoms with Crippen molar-refractivity contribution in [2.24, 2.45) is 0 Å². The molecule has 1 fully saturated rings. The van der Waals surface area contributed by atoms with Crippen LogP contribution in [0.2, 0.25) is 0 Å². The van der Waals surface area contributed by atoms with Gasteiger partial charge in [-0.3, -0.25) is 4.79 Å². The smallest absolute Gasteiger partial charge is 0.355 e. The minimum atomic E-state index is -0.424. The molecule has 1 aliphatic heterocycles. The van der Waals surface area contributed by atoms with Crippen LogP contribution in [0.3, 0.4) is 0 Å². The third-order valence-electron chi connectivity index (χ3n) is 3.89. The highest BCUT2D eigenvalue weighted by molar-refractivity contribution is 8.23. The zero-order chi connectivity index (χ0) is 17.0. The summed E-state index contributed by atoms with van der Waals surface area (Å²) in [7, 11) is 0. The normalized spacial score (nSPS) is 14.1. The summed E-state index contributed by atoms with van der Waals surface area (Å²) >= 11 is 6.78. The van der Waals surface area contributed by atoms with Gasteiger partial charge in [-0.25, -0.2) is 4.79 Å². The van der Waals surface area contributed by atoms with Crippen molar-refractivity contribution in [2.75, 3.05) is 25.4 Å². The average Bonchev–Trinajstić information content (AvgIpc) is 3.13. The number of aromatic nitrogens is 1. The van der Waals surface area contributed by atoms with Gasteiger partial charge in [0.2, 0.25) is 0 Å². The van der Waals surface area contributed by atoms with E-state index in [9.17, 15) is 9.59 Å². The number of ether oxygens (including phenoxy) is 1. The number of hydrogen-bond donors (Lipinski definition) is 1. The van der Waals surface area contributed by atoms with Crippen molar-refractivity contribution in [3.63, 3.8) is 0 Å². The Morgan fingerprint density at radius 1 is 1.30 bits per heavy atom. The third-order valence-corrected chi connectivity index (χ3v) is 5.41. The fourth-order valence-corrected chi connectivity index (χ4v) is 3.89. The summed E-state index contributed by atoms with van der Waals surface area (Å²) < 4.78 is 5.79. The molecule has 1 aromatic rings. The molecular formula is C16H22N2O3S2. The highest BCUT2D eigenvalue weighted by atomic mass is 32.2. The van der Waals surface area contributed by atoms with Gasteiger partial charge < -0.3 is 14.6 Å². The van der Waals surface area contributed by atoms with Crippen LogP contribution >= 0.6 is 24.0 Å². The number of Topliss-reactive ketones (excluding diaryl/α,β-unsaturated/α-hetero) is 1.